The highest BCUT2D eigenvalue weighted by molar-refractivity contribution is 7.11. The van der Waals surface area contributed by atoms with Gasteiger partial charge in [0.1, 0.15) is 0 Å². The summed E-state index contributed by atoms with van der Waals surface area (Å²) >= 11 is 1.61. The molecular weight excluding hydrogens is 288 g/mol. The number of hydrogen-bond donors (Lipinski definition) is 3. The molecule has 6 heteroatoms. The molecule has 21 heavy (non-hydrogen) atoms. The van der Waals surface area contributed by atoms with Crippen molar-refractivity contribution in [2.75, 3.05) is 5.32 Å². The van der Waals surface area contributed by atoms with Crippen molar-refractivity contribution in [1.82, 2.24) is 5.32 Å². The number of aromatic carboxylic acids is 1. The van der Waals surface area contributed by atoms with Crippen molar-refractivity contribution < 1.29 is 14.7 Å². The molecular formula is C15H16N2O3S. The number of amides is 2. The molecule has 1 heterocycles. The second-order valence-corrected chi connectivity index (χ2v) is 6.00. The van der Waals surface area contributed by atoms with E-state index in [0.717, 1.165) is 4.88 Å². The predicted octanol–water partition coefficient (Wildman–Crippen LogP) is 3.38. The second kappa shape index (κ2) is 6.41. The van der Waals surface area contributed by atoms with E-state index in [-0.39, 0.29) is 5.56 Å². The molecule has 0 unspecified atom stereocenters. The molecule has 1 aromatic carbocycles. The lowest BCUT2D eigenvalue weighted by Crippen LogP contribution is -2.29. The van der Waals surface area contributed by atoms with Crippen LogP contribution < -0.4 is 10.6 Å². The number of carbonyl (C=O) groups is 2. The summed E-state index contributed by atoms with van der Waals surface area (Å²) in [4.78, 5) is 25.3. The van der Waals surface area contributed by atoms with Crippen molar-refractivity contribution in [2.24, 2.45) is 0 Å². The average molecular weight is 304 g/mol. The van der Waals surface area contributed by atoms with Crippen molar-refractivity contribution in [2.45, 2.75) is 20.4 Å². The summed E-state index contributed by atoms with van der Waals surface area (Å²) in [6.07, 6.45) is 0. The maximum atomic E-state index is 11.9. The monoisotopic (exact) mass is 304 g/mol. The Morgan fingerprint density at radius 2 is 1.95 bits per heavy atom. The van der Waals surface area contributed by atoms with E-state index < -0.39 is 12.0 Å². The molecule has 0 atom stereocenters. The number of anilines is 1. The Bertz CT molecular complexity index is 679. The zero-order valence-corrected chi connectivity index (χ0v) is 12.6. The first kappa shape index (κ1) is 15.1. The van der Waals surface area contributed by atoms with Gasteiger partial charge in [0.2, 0.25) is 0 Å². The first-order valence-corrected chi connectivity index (χ1v) is 7.22. The predicted molar refractivity (Wildman–Crippen MR) is 83.1 cm³/mol. The first-order chi connectivity index (χ1) is 9.97. The van der Waals surface area contributed by atoms with Gasteiger partial charge >= 0.3 is 12.0 Å². The second-order valence-electron chi connectivity index (χ2n) is 4.62. The van der Waals surface area contributed by atoms with Crippen LogP contribution in [-0.2, 0) is 6.54 Å². The van der Waals surface area contributed by atoms with Crippen LogP contribution in [0, 0.1) is 13.8 Å². The van der Waals surface area contributed by atoms with Crippen LogP contribution in [0.3, 0.4) is 0 Å². The maximum absolute atomic E-state index is 11.9. The fourth-order valence-corrected chi connectivity index (χ4v) is 2.75. The van der Waals surface area contributed by atoms with Crippen LogP contribution in [0.15, 0.2) is 30.3 Å². The number of carboxylic acids is 1. The Morgan fingerprint density at radius 3 is 2.57 bits per heavy atom. The highest BCUT2D eigenvalue weighted by atomic mass is 32.1. The van der Waals surface area contributed by atoms with Gasteiger partial charge in [-0.1, -0.05) is 12.1 Å². The van der Waals surface area contributed by atoms with Crippen molar-refractivity contribution in [3.05, 3.63) is 51.2 Å². The number of aryl methyl sites for hydroxylation is 2. The molecule has 1 aromatic heterocycles. The van der Waals surface area contributed by atoms with E-state index in [2.05, 4.69) is 10.6 Å². The third-order valence-electron chi connectivity index (χ3n) is 2.96. The van der Waals surface area contributed by atoms with Gasteiger partial charge < -0.3 is 15.7 Å². The molecule has 0 aliphatic heterocycles. The van der Waals surface area contributed by atoms with E-state index in [4.69, 9.17) is 5.11 Å². The quantitative estimate of drug-likeness (QED) is 0.810. The van der Waals surface area contributed by atoms with E-state index in [1.165, 1.54) is 10.9 Å². The van der Waals surface area contributed by atoms with Crippen LogP contribution in [0.25, 0.3) is 0 Å². The number of hydrogen-bond acceptors (Lipinski definition) is 3. The molecule has 5 nitrogen and oxygen atoms in total. The lowest BCUT2D eigenvalue weighted by molar-refractivity contribution is 0.0698. The Balaban J connectivity index is 2.04. The number of thiophene rings is 1. The Kier molecular flexibility index (Phi) is 4.59. The first-order valence-electron chi connectivity index (χ1n) is 6.40. The summed E-state index contributed by atoms with van der Waals surface area (Å²) in [5.41, 5.74) is 1.11. The number of nitrogens with one attached hydrogen (secondary N) is 2. The maximum Gasteiger partial charge on any atom is 0.337 e. The summed E-state index contributed by atoms with van der Waals surface area (Å²) in [6.45, 7) is 4.17. The van der Waals surface area contributed by atoms with Gasteiger partial charge in [0.05, 0.1) is 17.8 Å². The number of carbonyl (C=O) groups excluding carboxylic acids is 1. The van der Waals surface area contributed by atoms with Gasteiger partial charge in [-0.15, -0.1) is 11.3 Å². The third-order valence-corrected chi connectivity index (χ3v) is 3.96. The Hall–Kier alpha value is -2.34. The van der Waals surface area contributed by atoms with Gasteiger partial charge in [0.15, 0.2) is 0 Å². The number of carboxylic acid groups (broad SMARTS) is 1. The van der Waals surface area contributed by atoms with E-state index in [0.29, 0.717) is 17.8 Å². The van der Waals surface area contributed by atoms with Crippen LogP contribution in [0.1, 0.15) is 25.7 Å². The lowest BCUT2D eigenvalue weighted by atomic mass is 10.1. The summed E-state index contributed by atoms with van der Waals surface area (Å²) in [5.74, 6) is -1.07. The minimum absolute atomic E-state index is 0.0807. The van der Waals surface area contributed by atoms with Crippen molar-refractivity contribution in [3.8, 4) is 0 Å². The summed E-state index contributed by atoms with van der Waals surface area (Å²) in [6, 6.07) is 8.40. The van der Waals surface area contributed by atoms with Crippen LogP contribution >= 0.6 is 11.3 Å². The van der Waals surface area contributed by atoms with Crippen molar-refractivity contribution >= 4 is 29.0 Å². The van der Waals surface area contributed by atoms with Gasteiger partial charge in [-0.2, -0.15) is 0 Å². The molecule has 110 valence electrons. The van der Waals surface area contributed by atoms with Gasteiger partial charge in [-0.3, -0.25) is 0 Å². The highest BCUT2D eigenvalue weighted by Gasteiger charge is 2.14. The zero-order valence-electron chi connectivity index (χ0n) is 11.8. The molecule has 3 N–H and O–H groups in total. The van der Waals surface area contributed by atoms with Crippen LogP contribution in [0.5, 0.6) is 0 Å². The molecule has 0 saturated heterocycles. The molecule has 0 spiro atoms. The topological polar surface area (TPSA) is 78.4 Å². The standard InChI is InChI=1S/C15H16N2O3S/c1-9-4-3-5-12(14(18)19)13(9)17-15(20)16-8-11-7-6-10(2)21-11/h3-7H,8H2,1-2H3,(H,18,19)(H2,16,17,20). The van der Waals surface area contributed by atoms with E-state index in [9.17, 15) is 9.59 Å². The molecule has 0 saturated carbocycles. The Labute approximate surface area is 126 Å². The van der Waals surface area contributed by atoms with Crippen molar-refractivity contribution in [1.29, 1.82) is 0 Å². The van der Waals surface area contributed by atoms with Crippen LogP contribution in [-0.4, -0.2) is 17.1 Å². The zero-order chi connectivity index (χ0) is 15.4. The van der Waals surface area contributed by atoms with Gasteiger partial charge in [0, 0.05) is 9.75 Å². The number of benzene rings is 1. The molecule has 0 radical (unpaired) electrons. The smallest absolute Gasteiger partial charge is 0.337 e. The van der Waals surface area contributed by atoms with E-state index in [1.807, 2.05) is 19.1 Å². The molecule has 2 aromatic rings. The third kappa shape index (κ3) is 3.82. The van der Waals surface area contributed by atoms with E-state index >= 15 is 0 Å². The van der Waals surface area contributed by atoms with Gasteiger partial charge in [-0.05, 0) is 37.6 Å². The molecule has 0 bridgehead atoms. The molecule has 2 rings (SSSR count). The minimum atomic E-state index is -1.07. The molecule has 0 fully saturated rings. The normalized spacial score (nSPS) is 10.2. The average Bonchev–Trinajstić information content (AvgIpc) is 2.84. The summed E-state index contributed by atoms with van der Waals surface area (Å²) in [5, 5.41) is 14.5. The number of rotatable bonds is 4. The lowest BCUT2D eigenvalue weighted by Gasteiger charge is -2.12. The molecule has 0 aliphatic rings. The van der Waals surface area contributed by atoms with E-state index in [1.54, 1.807) is 30.4 Å². The molecule has 0 aliphatic carbocycles. The van der Waals surface area contributed by atoms with Crippen LogP contribution in [0.4, 0.5) is 10.5 Å². The molecule has 2 amide bonds. The van der Waals surface area contributed by atoms with Gasteiger partial charge in [-0.25, -0.2) is 9.59 Å². The summed E-state index contributed by atoms with van der Waals surface area (Å²) in [7, 11) is 0. The number of urea groups is 1. The largest absolute Gasteiger partial charge is 0.478 e. The fourth-order valence-electron chi connectivity index (χ4n) is 1.92. The van der Waals surface area contributed by atoms with Gasteiger partial charge in [0.25, 0.3) is 0 Å². The SMILES string of the molecule is Cc1ccc(CNC(=O)Nc2c(C)cccc2C(=O)O)s1. The number of para-hydroxylation sites is 1. The fraction of sp³-hybridized carbons (Fsp3) is 0.200. The minimum Gasteiger partial charge on any atom is -0.478 e. The van der Waals surface area contributed by atoms with Crippen LogP contribution in [0.2, 0.25) is 0 Å². The Morgan fingerprint density at radius 1 is 1.19 bits per heavy atom. The highest BCUT2D eigenvalue weighted by Crippen LogP contribution is 2.20. The van der Waals surface area contributed by atoms with Crippen molar-refractivity contribution in [3.63, 3.8) is 0 Å². The summed E-state index contributed by atoms with van der Waals surface area (Å²) < 4.78 is 0.